The molecule has 0 amide bonds. The van der Waals surface area contributed by atoms with Crippen LogP contribution in [0.15, 0.2) is 218 Å². The van der Waals surface area contributed by atoms with Crippen molar-refractivity contribution in [1.29, 1.82) is 0 Å². The van der Waals surface area contributed by atoms with Gasteiger partial charge in [-0.25, -0.2) is 0 Å². The van der Waals surface area contributed by atoms with Crippen molar-refractivity contribution in [2.24, 2.45) is 0 Å². The van der Waals surface area contributed by atoms with Crippen LogP contribution in [0.4, 0.5) is 0 Å². The number of benzene rings is 11. The van der Waals surface area contributed by atoms with E-state index in [1.165, 1.54) is 121 Å². The van der Waals surface area contributed by atoms with E-state index in [0.717, 1.165) is 0 Å². The van der Waals surface area contributed by atoms with Crippen LogP contribution in [0.25, 0.3) is 121 Å². The Balaban J connectivity index is 1.43. The van der Waals surface area contributed by atoms with E-state index in [9.17, 15) is 0 Å². The molecule has 11 aromatic rings. The van der Waals surface area contributed by atoms with E-state index in [1.54, 1.807) is 0 Å². The summed E-state index contributed by atoms with van der Waals surface area (Å²) in [6, 6.07) is 80.9. The van der Waals surface area contributed by atoms with E-state index in [2.05, 4.69) is 218 Å². The van der Waals surface area contributed by atoms with Crippen molar-refractivity contribution in [3.63, 3.8) is 0 Å². The first-order valence-electron chi connectivity index (χ1n) is 20.2. The molecule has 0 N–H and O–H groups in total. The lowest BCUT2D eigenvalue weighted by Crippen LogP contribution is -1.99. The zero-order chi connectivity index (χ0) is 38.2. The Morgan fingerprint density at radius 3 is 1.21 bits per heavy atom. The molecule has 0 heteroatoms. The summed E-state index contributed by atoms with van der Waals surface area (Å²) in [5.74, 6) is 0. The molecule has 0 saturated carbocycles. The first-order chi connectivity index (χ1) is 28.8. The molecule has 12 rings (SSSR count). The van der Waals surface area contributed by atoms with E-state index in [4.69, 9.17) is 0 Å². The summed E-state index contributed by atoms with van der Waals surface area (Å²) in [6.45, 7) is 0. The third-order valence-electron chi connectivity index (χ3n) is 12.3. The molecule has 58 heavy (non-hydrogen) atoms. The molecule has 0 aromatic heterocycles. The van der Waals surface area contributed by atoms with Crippen molar-refractivity contribution in [2.45, 2.75) is 0 Å². The third-order valence-corrected chi connectivity index (χ3v) is 12.3. The summed E-state index contributed by atoms with van der Waals surface area (Å²) in [6.07, 6.45) is 0. The highest BCUT2D eigenvalue weighted by molar-refractivity contribution is 6.36. The van der Waals surface area contributed by atoms with Gasteiger partial charge in [0.05, 0.1) is 0 Å². The monoisotopic (exact) mass is 732 g/mol. The smallest absolute Gasteiger partial charge is 0.000116 e. The van der Waals surface area contributed by atoms with Crippen LogP contribution in [-0.4, -0.2) is 0 Å². The van der Waals surface area contributed by atoms with Gasteiger partial charge in [-0.15, -0.1) is 0 Å². The molecule has 0 bridgehead atoms. The zero-order valence-electron chi connectivity index (χ0n) is 31.8. The predicted molar refractivity (Wildman–Crippen MR) is 248 cm³/mol. The molecule has 1 aliphatic rings. The van der Waals surface area contributed by atoms with Crippen LogP contribution in [0.2, 0.25) is 0 Å². The Labute approximate surface area is 337 Å². The Hall–Kier alpha value is -7.54. The average molecular weight is 733 g/mol. The molecule has 0 atom stereocenters. The third kappa shape index (κ3) is 4.82. The maximum atomic E-state index is 2.47. The fourth-order valence-electron chi connectivity index (χ4n) is 10.0. The maximum absolute atomic E-state index is 2.47. The van der Waals surface area contributed by atoms with Gasteiger partial charge in [0.25, 0.3) is 0 Å². The summed E-state index contributed by atoms with van der Waals surface area (Å²) in [4.78, 5) is 0. The summed E-state index contributed by atoms with van der Waals surface area (Å²) in [5, 5.41) is 10.2. The van der Waals surface area contributed by atoms with Gasteiger partial charge in [0, 0.05) is 0 Å². The second-order valence-electron chi connectivity index (χ2n) is 15.5. The van der Waals surface area contributed by atoms with Crippen molar-refractivity contribution >= 4 is 43.1 Å². The number of rotatable bonds is 5. The molecular weight excluding hydrogens is 697 g/mol. The molecule has 0 fully saturated rings. The standard InChI is InChI=1S/C58H36/c1-6-19-37(20-7-1)42-33-34-46-48(35-42)51(39-23-10-3-11-24-39)58-53(41-27-14-5-15-28-41)56-49-36-43-29-16-17-30-44(43)45-31-18-32-47(54(45)49)55(56)52(40-25-12-4-13-26-40)57(58)50(46)38-21-8-2-9-22-38/h1-36H. The summed E-state index contributed by atoms with van der Waals surface area (Å²) in [7, 11) is 0. The predicted octanol–water partition coefficient (Wildman–Crippen LogP) is 16.3. The van der Waals surface area contributed by atoms with E-state index < -0.39 is 0 Å². The van der Waals surface area contributed by atoms with Crippen molar-refractivity contribution < 1.29 is 0 Å². The molecule has 11 aromatic carbocycles. The van der Waals surface area contributed by atoms with Gasteiger partial charge in [-0.05, 0) is 133 Å². The molecule has 0 nitrogen and oxygen atoms in total. The molecule has 268 valence electrons. The van der Waals surface area contributed by atoms with E-state index in [-0.39, 0.29) is 0 Å². The van der Waals surface area contributed by atoms with Crippen molar-refractivity contribution in [3.05, 3.63) is 218 Å². The molecular formula is C58H36. The Bertz CT molecular complexity index is 3380. The van der Waals surface area contributed by atoms with Crippen LogP contribution < -0.4 is 0 Å². The van der Waals surface area contributed by atoms with Gasteiger partial charge < -0.3 is 0 Å². The second-order valence-corrected chi connectivity index (χ2v) is 15.5. The van der Waals surface area contributed by atoms with Crippen molar-refractivity contribution in [2.75, 3.05) is 0 Å². The lowest BCUT2D eigenvalue weighted by atomic mass is 9.75. The summed E-state index contributed by atoms with van der Waals surface area (Å²) < 4.78 is 0. The van der Waals surface area contributed by atoms with Crippen LogP contribution in [0.1, 0.15) is 0 Å². The number of hydrogen-bond donors (Lipinski definition) is 0. The largest absolute Gasteiger partial charge is 0.0622 e. The lowest BCUT2D eigenvalue weighted by molar-refractivity contribution is 1.60. The minimum absolute atomic E-state index is 1.21. The van der Waals surface area contributed by atoms with Gasteiger partial charge in [0.2, 0.25) is 0 Å². The highest BCUT2D eigenvalue weighted by Crippen LogP contribution is 2.62. The van der Waals surface area contributed by atoms with Gasteiger partial charge in [0.15, 0.2) is 0 Å². The Kier molecular flexibility index (Phi) is 7.33. The van der Waals surface area contributed by atoms with Gasteiger partial charge >= 0.3 is 0 Å². The SMILES string of the molecule is c1ccc(-c2ccc3c(-c4ccccc4)c4c(-c5ccccc5)c5c(c(-c6ccccc6)c4c(-c4ccccc4)c3c2)-c2cc3ccccc3c3cccc-5c23)cc1. The number of hydrogen-bond acceptors (Lipinski definition) is 0. The summed E-state index contributed by atoms with van der Waals surface area (Å²) in [5.41, 5.74) is 17.6. The topological polar surface area (TPSA) is 0 Å². The first kappa shape index (κ1) is 32.7. The fourth-order valence-corrected chi connectivity index (χ4v) is 10.0. The van der Waals surface area contributed by atoms with E-state index in [1.807, 2.05) is 0 Å². The van der Waals surface area contributed by atoms with Crippen LogP contribution in [0, 0.1) is 0 Å². The fraction of sp³-hybridized carbons (Fsp3) is 0. The van der Waals surface area contributed by atoms with Crippen LogP contribution >= 0.6 is 0 Å². The van der Waals surface area contributed by atoms with E-state index in [0.29, 0.717) is 0 Å². The Morgan fingerprint density at radius 2 is 0.638 bits per heavy atom. The highest BCUT2D eigenvalue weighted by atomic mass is 14.4. The minimum atomic E-state index is 1.21. The minimum Gasteiger partial charge on any atom is -0.0622 e. The first-order valence-corrected chi connectivity index (χ1v) is 20.2. The zero-order valence-corrected chi connectivity index (χ0v) is 31.8. The van der Waals surface area contributed by atoms with Crippen molar-refractivity contribution in [1.82, 2.24) is 0 Å². The molecule has 0 heterocycles. The van der Waals surface area contributed by atoms with Gasteiger partial charge in [0.1, 0.15) is 0 Å². The molecule has 0 spiro atoms. The lowest BCUT2D eigenvalue weighted by Gasteiger charge is -2.27. The summed E-state index contributed by atoms with van der Waals surface area (Å²) >= 11 is 0. The molecule has 0 aliphatic heterocycles. The van der Waals surface area contributed by atoms with Crippen LogP contribution in [0.5, 0.6) is 0 Å². The van der Waals surface area contributed by atoms with Gasteiger partial charge in [-0.3, -0.25) is 0 Å². The second kappa shape index (κ2) is 13.0. The van der Waals surface area contributed by atoms with Crippen LogP contribution in [-0.2, 0) is 0 Å². The molecule has 0 radical (unpaired) electrons. The van der Waals surface area contributed by atoms with E-state index >= 15 is 0 Å². The Morgan fingerprint density at radius 1 is 0.190 bits per heavy atom. The average Bonchev–Trinajstić information content (AvgIpc) is 3.62. The van der Waals surface area contributed by atoms with Gasteiger partial charge in [-0.1, -0.05) is 206 Å². The normalized spacial score (nSPS) is 11.8. The molecule has 0 unspecified atom stereocenters. The highest BCUT2D eigenvalue weighted by Gasteiger charge is 2.34. The maximum Gasteiger partial charge on any atom is -0.000116 e. The number of fused-ring (bicyclic) bond motifs is 7. The van der Waals surface area contributed by atoms with Crippen LogP contribution in [0.3, 0.4) is 0 Å². The quantitative estimate of drug-likeness (QED) is 0.122. The molecule has 0 saturated heterocycles. The van der Waals surface area contributed by atoms with Gasteiger partial charge in [-0.2, -0.15) is 0 Å². The van der Waals surface area contributed by atoms with Crippen molar-refractivity contribution in [3.8, 4) is 77.9 Å². The molecule has 1 aliphatic carbocycles.